The molecule has 4 aromatic heterocycles. The number of rotatable bonds is 6. The van der Waals surface area contributed by atoms with Gasteiger partial charge in [-0.05, 0) is 50.2 Å². The average molecular weight is 442 g/mol. The van der Waals surface area contributed by atoms with Crippen LogP contribution in [0.1, 0.15) is 24.4 Å². The minimum absolute atomic E-state index is 0.229. The van der Waals surface area contributed by atoms with Crippen molar-refractivity contribution in [2.45, 2.75) is 26.4 Å². The van der Waals surface area contributed by atoms with E-state index in [1.54, 1.807) is 36.9 Å². The molecule has 9 nitrogen and oxygen atoms in total. The van der Waals surface area contributed by atoms with Gasteiger partial charge in [0.2, 0.25) is 5.91 Å². The average Bonchev–Trinajstić information content (AvgIpc) is 3.60. The van der Waals surface area contributed by atoms with Crippen molar-refractivity contribution in [3.8, 4) is 11.5 Å². The van der Waals surface area contributed by atoms with Crippen LogP contribution in [-0.4, -0.2) is 30.0 Å². The minimum atomic E-state index is -0.826. The van der Waals surface area contributed by atoms with Crippen LogP contribution in [0.15, 0.2) is 82.5 Å². The van der Waals surface area contributed by atoms with Gasteiger partial charge in [0.15, 0.2) is 5.82 Å². The molecule has 0 fully saturated rings. The number of furan rings is 1. The van der Waals surface area contributed by atoms with Crippen LogP contribution in [-0.2, 0) is 11.3 Å². The molecule has 0 spiro atoms. The first-order chi connectivity index (χ1) is 16.0. The largest absolute Gasteiger partial charge is 0.467 e. The molecule has 166 valence electrons. The molecule has 0 aliphatic carbocycles. The molecule has 1 atom stereocenters. The first-order valence-electron chi connectivity index (χ1n) is 10.6. The van der Waals surface area contributed by atoms with Crippen molar-refractivity contribution in [2.24, 2.45) is 0 Å². The molecule has 0 bridgehead atoms. The highest BCUT2D eigenvalue weighted by molar-refractivity contribution is 5.88. The van der Waals surface area contributed by atoms with Gasteiger partial charge in [-0.1, -0.05) is 18.2 Å². The molecule has 0 saturated carbocycles. The molecule has 4 heterocycles. The number of para-hydroxylation sites is 1. The lowest BCUT2D eigenvalue weighted by Gasteiger charge is -2.15. The summed E-state index contributed by atoms with van der Waals surface area (Å²) in [7, 11) is 0. The number of carbonyl (C=O) groups is 1. The van der Waals surface area contributed by atoms with Gasteiger partial charge in [-0.15, -0.1) is 0 Å². The fourth-order valence-corrected chi connectivity index (χ4v) is 3.80. The van der Waals surface area contributed by atoms with Gasteiger partial charge in [0, 0.05) is 12.4 Å². The summed E-state index contributed by atoms with van der Waals surface area (Å²) < 4.78 is 10.1. The number of aromatic nitrogens is 5. The Morgan fingerprint density at radius 3 is 2.52 bits per heavy atom. The Balaban J connectivity index is 1.64. The van der Waals surface area contributed by atoms with E-state index in [0.717, 1.165) is 5.69 Å². The lowest BCUT2D eigenvalue weighted by molar-refractivity contribution is -0.124. The second-order valence-corrected chi connectivity index (χ2v) is 7.69. The van der Waals surface area contributed by atoms with Crippen LogP contribution in [0.4, 0.5) is 0 Å². The van der Waals surface area contributed by atoms with Gasteiger partial charge in [0.05, 0.1) is 24.2 Å². The third-order valence-electron chi connectivity index (χ3n) is 5.50. The summed E-state index contributed by atoms with van der Waals surface area (Å²) in [5.74, 6) is 0.882. The Kier molecular flexibility index (Phi) is 5.14. The predicted octanol–water partition coefficient (Wildman–Crippen LogP) is 3.15. The maximum atomic E-state index is 13.7. The molecule has 1 N–H and O–H groups in total. The standard InChI is InChI=1S/C24H22N6O3/c1-16-21-20(23(28-12-6-7-13-28)30(27-21)18-9-4-3-5-10-18)24(32)29(26-16)17(2)22(31)25-15-19-11-8-14-33-19/h3-14,17H,15H2,1-2H3,(H,25,31). The van der Waals surface area contributed by atoms with E-state index in [0.29, 0.717) is 28.2 Å². The maximum Gasteiger partial charge on any atom is 0.280 e. The third kappa shape index (κ3) is 3.63. The Morgan fingerprint density at radius 2 is 1.82 bits per heavy atom. The molecule has 0 radical (unpaired) electrons. The fourth-order valence-electron chi connectivity index (χ4n) is 3.80. The van der Waals surface area contributed by atoms with Crippen LogP contribution in [0.2, 0.25) is 0 Å². The third-order valence-corrected chi connectivity index (χ3v) is 5.50. The Morgan fingerprint density at radius 1 is 1.06 bits per heavy atom. The van der Waals surface area contributed by atoms with Crippen LogP contribution in [0.5, 0.6) is 0 Å². The molecule has 5 aromatic rings. The van der Waals surface area contributed by atoms with Gasteiger partial charge in [-0.3, -0.25) is 9.59 Å². The van der Waals surface area contributed by atoms with Crippen molar-refractivity contribution in [3.63, 3.8) is 0 Å². The zero-order valence-corrected chi connectivity index (χ0v) is 18.2. The molecule has 9 heteroatoms. The Labute approximate surface area is 188 Å². The zero-order chi connectivity index (χ0) is 22.9. The zero-order valence-electron chi connectivity index (χ0n) is 18.2. The maximum absolute atomic E-state index is 13.7. The second-order valence-electron chi connectivity index (χ2n) is 7.69. The Bertz CT molecular complexity index is 1460. The summed E-state index contributed by atoms with van der Waals surface area (Å²) in [5.41, 5.74) is 1.47. The van der Waals surface area contributed by atoms with Crippen molar-refractivity contribution < 1.29 is 9.21 Å². The number of benzene rings is 1. The molecule has 1 amide bonds. The van der Waals surface area contributed by atoms with E-state index < -0.39 is 6.04 Å². The number of nitrogens with one attached hydrogen (secondary N) is 1. The van der Waals surface area contributed by atoms with Gasteiger partial charge in [-0.25, -0.2) is 9.36 Å². The number of hydrogen-bond donors (Lipinski definition) is 1. The van der Waals surface area contributed by atoms with Gasteiger partial charge in [0.1, 0.15) is 22.7 Å². The Hall–Kier alpha value is -4.40. The summed E-state index contributed by atoms with van der Waals surface area (Å²) in [6, 6.07) is 16.0. The number of fused-ring (bicyclic) bond motifs is 1. The molecule has 5 rings (SSSR count). The first-order valence-corrected chi connectivity index (χ1v) is 10.6. The topological polar surface area (TPSA) is 99.9 Å². The van der Waals surface area contributed by atoms with Crippen LogP contribution in [0, 0.1) is 6.92 Å². The molecular weight excluding hydrogens is 420 g/mol. The van der Waals surface area contributed by atoms with E-state index in [4.69, 9.17) is 9.52 Å². The minimum Gasteiger partial charge on any atom is -0.467 e. The van der Waals surface area contributed by atoms with E-state index in [2.05, 4.69) is 10.4 Å². The van der Waals surface area contributed by atoms with Crippen LogP contribution in [0.3, 0.4) is 0 Å². The SMILES string of the molecule is Cc1nn(C(C)C(=O)NCc2ccco2)c(=O)c2c(-n3cccc3)n(-c3ccccc3)nc12. The highest BCUT2D eigenvalue weighted by Crippen LogP contribution is 2.25. The number of amides is 1. The van der Waals surface area contributed by atoms with Crippen molar-refractivity contribution in [3.05, 3.63) is 95.1 Å². The fraction of sp³-hybridized carbons (Fsp3) is 0.167. The normalized spacial score (nSPS) is 12.2. The lowest BCUT2D eigenvalue weighted by atomic mass is 10.2. The van der Waals surface area contributed by atoms with Gasteiger partial charge < -0.3 is 14.3 Å². The monoisotopic (exact) mass is 442 g/mol. The van der Waals surface area contributed by atoms with E-state index in [9.17, 15) is 9.59 Å². The quantitative estimate of drug-likeness (QED) is 0.435. The molecule has 0 saturated heterocycles. The second kappa shape index (κ2) is 8.27. The molecule has 1 aromatic carbocycles. The number of nitrogens with zero attached hydrogens (tertiary/aromatic N) is 5. The molecule has 1 unspecified atom stereocenters. The summed E-state index contributed by atoms with van der Waals surface area (Å²) in [5, 5.41) is 12.3. The van der Waals surface area contributed by atoms with Crippen molar-refractivity contribution in [1.82, 2.24) is 29.4 Å². The van der Waals surface area contributed by atoms with Gasteiger partial charge in [0.25, 0.3) is 5.56 Å². The van der Waals surface area contributed by atoms with Crippen LogP contribution in [0.25, 0.3) is 22.4 Å². The van der Waals surface area contributed by atoms with Crippen LogP contribution >= 0.6 is 0 Å². The molecule has 0 aliphatic rings. The number of aryl methyl sites for hydroxylation is 1. The summed E-state index contributed by atoms with van der Waals surface area (Å²) in [4.78, 5) is 26.5. The highest BCUT2D eigenvalue weighted by atomic mass is 16.3. The summed E-state index contributed by atoms with van der Waals surface area (Å²) in [6.07, 6.45) is 5.26. The molecule has 0 aliphatic heterocycles. The van der Waals surface area contributed by atoms with Crippen molar-refractivity contribution in [2.75, 3.05) is 0 Å². The lowest BCUT2D eigenvalue weighted by Crippen LogP contribution is -2.37. The van der Waals surface area contributed by atoms with Crippen LogP contribution < -0.4 is 10.9 Å². The van der Waals surface area contributed by atoms with E-state index in [1.807, 2.05) is 59.4 Å². The predicted molar refractivity (Wildman–Crippen MR) is 122 cm³/mol. The summed E-state index contributed by atoms with van der Waals surface area (Å²) in [6.45, 7) is 3.66. The smallest absolute Gasteiger partial charge is 0.280 e. The number of carbonyl (C=O) groups excluding carboxylic acids is 1. The summed E-state index contributed by atoms with van der Waals surface area (Å²) >= 11 is 0. The highest BCUT2D eigenvalue weighted by Gasteiger charge is 2.25. The first kappa shape index (κ1) is 20.5. The van der Waals surface area contributed by atoms with Gasteiger partial charge >= 0.3 is 0 Å². The number of hydrogen-bond acceptors (Lipinski definition) is 5. The van der Waals surface area contributed by atoms with E-state index >= 15 is 0 Å². The molecule has 33 heavy (non-hydrogen) atoms. The van der Waals surface area contributed by atoms with E-state index in [1.165, 1.54) is 4.68 Å². The van der Waals surface area contributed by atoms with E-state index in [-0.39, 0.29) is 18.0 Å². The van der Waals surface area contributed by atoms with Gasteiger partial charge in [-0.2, -0.15) is 10.2 Å². The van der Waals surface area contributed by atoms with Crippen molar-refractivity contribution >= 4 is 16.8 Å². The van der Waals surface area contributed by atoms with Crippen molar-refractivity contribution in [1.29, 1.82) is 0 Å². The molecular formula is C24H22N6O3.